The number of aromatic nitrogens is 3. The van der Waals surface area contributed by atoms with Gasteiger partial charge in [0.05, 0.1) is 6.20 Å². The van der Waals surface area contributed by atoms with Gasteiger partial charge in [-0.1, -0.05) is 11.6 Å². The number of rotatable bonds is 2. The molecule has 5 heteroatoms. The molecule has 4 nitrogen and oxygen atoms in total. The Balaban J connectivity index is 2.55. The van der Waals surface area contributed by atoms with Crippen LogP contribution in [0.15, 0.2) is 18.6 Å². The molecule has 0 aliphatic heterocycles. The first-order valence-corrected chi connectivity index (χ1v) is 4.51. The standard InChI is InChI=1S/C9H8ClN3O/c1-6(14)2-7-3-12-9-4-11-8(10)5-13(7)9/h3-5H,2H2,1H3. The van der Waals surface area contributed by atoms with Crippen LogP contribution < -0.4 is 0 Å². The molecule has 2 aromatic rings. The summed E-state index contributed by atoms with van der Waals surface area (Å²) in [6, 6.07) is 0. The van der Waals surface area contributed by atoms with Gasteiger partial charge in [0.25, 0.3) is 0 Å². The first-order chi connectivity index (χ1) is 6.66. The molecular weight excluding hydrogens is 202 g/mol. The van der Waals surface area contributed by atoms with Crippen molar-refractivity contribution in [2.24, 2.45) is 0 Å². The lowest BCUT2D eigenvalue weighted by atomic mass is 10.2. The Morgan fingerprint density at radius 1 is 1.50 bits per heavy atom. The molecule has 0 amide bonds. The van der Waals surface area contributed by atoms with Crippen LogP contribution in [0.5, 0.6) is 0 Å². The molecule has 0 aromatic carbocycles. The van der Waals surface area contributed by atoms with E-state index < -0.39 is 0 Å². The third-order valence-corrected chi connectivity index (χ3v) is 2.07. The molecule has 0 fully saturated rings. The van der Waals surface area contributed by atoms with Crippen molar-refractivity contribution >= 4 is 23.0 Å². The third-order valence-electron chi connectivity index (χ3n) is 1.87. The number of carbonyl (C=O) groups is 1. The largest absolute Gasteiger partial charge is 0.300 e. The Morgan fingerprint density at radius 3 is 3.00 bits per heavy atom. The monoisotopic (exact) mass is 209 g/mol. The van der Waals surface area contributed by atoms with Crippen LogP contribution in [-0.4, -0.2) is 20.2 Å². The maximum Gasteiger partial charge on any atom is 0.155 e. The molecular formula is C9H8ClN3O. The fraction of sp³-hybridized carbons (Fsp3) is 0.222. The van der Waals surface area contributed by atoms with Gasteiger partial charge in [0, 0.05) is 24.5 Å². The molecule has 2 heterocycles. The highest BCUT2D eigenvalue weighted by Crippen LogP contribution is 2.10. The summed E-state index contributed by atoms with van der Waals surface area (Å²) in [6.45, 7) is 1.54. The summed E-state index contributed by atoms with van der Waals surface area (Å²) in [5, 5.41) is 0.389. The quantitative estimate of drug-likeness (QED) is 0.754. The smallest absolute Gasteiger partial charge is 0.155 e. The maximum atomic E-state index is 11.0. The summed E-state index contributed by atoms with van der Waals surface area (Å²) >= 11 is 5.74. The Bertz CT molecular complexity index is 492. The Kier molecular flexibility index (Phi) is 2.21. The second-order valence-electron chi connectivity index (χ2n) is 3.07. The van der Waals surface area contributed by atoms with E-state index in [0.29, 0.717) is 17.2 Å². The molecule has 0 unspecified atom stereocenters. The zero-order valence-corrected chi connectivity index (χ0v) is 8.32. The van der Waals surface area contributed by atoms with Gasteiger partial charge in [-0.25, -0.2) is 9.97 Å². The van der Waals surface area contributed by atoms with Crippen molar-refractivity contribution in [2.45, 2.75) is 13.3 Å². The van der Waals surface area contributed by atoms with Gasteiger partial charge in [-0.2, -0.15) is 0 Å². The minimum absolute atomic E-state index is 0.0970. The van der Waals surface area contributed by atoms with Crippen LogP contribution >= 0.6 is 11.6 Å². The van der Waals surface area contributed by atoms with Crippen LogP contribution in [0.4, 0.5) is 0 Å². The van der Waals surface area contributed by atoms with Crippen LogP contribution in [0, 0.1) is 0 Å². The highest BCUT2D eigenvalue weighted by molar-refractivity contribution is 6.29. The third kappa shape index (κ3) is 1.61. The van der Waals surface area contributed by atoms with Gasteiger partial charge in [0.15, 0.2) is 5.65 Å². The zero-order valence-electron chi connectivity index (χ0n) is 7.57. The van der Waals surface area contributed by atoms with Gasteiger partial charge in [-0.3, -0.25) is 9.20 Å². The maximum absolute atomic E-state index is 11.0. The van der Waals surface area contributed by atoms with Crippen molar-refractivity contribution in [2.75, 3.05) is 0 Å². The predicted molar refractivity (Wildman–Crippen MR) is 52.4 cm³/mol. The number of Topliss-reactive ketones (excluding diaryl/α,β-unsaturated/α-hetero) is 1. The lowest BCUT2D eigenvalue weighted by Gasteiger charge is -1.98. The average Bonchev–Trinajstić information content (AvgIpc) is 2.47. The van der Waals surface area contributed by atoms with E-state index in [-0.39, 0.29) is 5.78 Å². The van der Waals surface area contributed by atoms with E-state index in [2.05, 4.69) is 9.97 Å². The van der Waals surface area contributed by atoms with Crippen molar-refractivity contribution in [3.05, 3.63) is 29.4 Å². The van der Waals surface area contributed by atoms with Gasteiger partial charge in [-0.05, 0) is 6.92 Å². The van der Waals surface area contributed by atoms with Crippen molar-refractivity contribution in [3.8, 4) is 0 Å². The van der Waals surface area contributed by atoms with Gasteiger partial charge in [-0.15, -0.1) is 0 Å². The van der Waals surface area contributed by atoms with E-state index in [1.165, 1.54) is 0 Å². The number of carbonyl (C=O) groups excluding carboxylic acids is 1. The number of halogens is 1. The molecule has 0 atom stereocenters. The van der Waals surface area contributed by atoms with Crippen LogP contribution in [0.2, 0.25) is 5.15 Å². The number of hydrogen-bond acceptors (Lipinski definition) is 3. The van der Waals surface area contributed by atoms with Gasteiger partial charge in [0.1, 0.15) is 10.9 Å². The van der Waals surface area contributed by atoms with E-state index in [9.17, 15) is 4.79 Å². The minimum Gasteiger partial charge on any atom is -0.300 e. The zero-order chi connectivity index (χ0) is 10.1. The first kappa shape index (κ1) is 9.15. The van der Waals surface area contributed by atoms with Crippen LogP contribution in [0.1, 0.15) is 12.6 Å². The molecule has 0 bridgehead atoms. The normalized spacial score (nSPS) is 10.7. The number of hydrogen-bond donors (Lipinski definition) is 0. The number of imidazole rings is 1. The second kappa shape index (κ2) is 3.38. The number of nitrogens with zero attached hydrogens (tertiary/aromatic N) is 3. The molecule has 0 aliphatic carbocycles. The van der Waals surface area contributed by atoms with E-state index in [0.717, 1.165) is 5.69 Å². The van der Waals surface area contributed by atoms with E-state index in [4.69, 9.17) is 11.6 Å². The highest BCUT2D eigenvalue weighted by atomic mass is 35.5. The molecule has 2 aromatic heterocycles. The van der Waals surface area contributed by atoms with E-state index >= 15 is 0 Å². The average molecular weight is 210 g/mol. The van der Waals surface area contributed by atoms with E-state index in [1.54, 1.807) is 29.9 Å². The SMILES string of the molecule is CC(=O)Cc1cnc2cnc(Cl)cn12. The fourth-order valence-electron chi connectivity index (χ4n) is 1.30. The van der Waals surface area contributed by atoms with Crippen molar-refractivity contribution in [1.82, 2.24) is 14.4 Å². The Morgan fingerprint density at radius 2 is 2.29 bits per heavy atom. The van der Waals surface area contributed by atoms with Crippen molar-refractivity contribution in [1.29, 1.82) is 0 Å². The van der Waals surface area contributed by atoms with Gasteiger partial charge >= 0.3 is 0 Å². The molecule has 0 saturated carbocycles. The van der Waals surface area contributed by atoms with Crippen molar-refractivity contribution in [3.63, 3.8) is 0 Å². The second-order valence-corrected chi connectivity index (χ2v) is 3.45. The van der Waals surface area contributed by atoms with Crippen LogP contribution in [0.3, 0.4) is 0 Å². The molecule has 14 heavy (non-hydrogen) atoms. The first-order valence-electron chi connectivity index (χ1n) is 4.14. The molecule has 0 saturated heterocycles. The summed E-state index contributed by atoms with van der Waals surface area (Å²) in [7, 11) is 0. The van der Waals surface area contributed by atoms with Gasteiger partial charge in [0.2, 0.25) is 0 Å². The summed E-state index contributed by atoms with van der Waals surface area (Å²) in [5.74, 6) is 0.0970. The molecule has 0 aliphatic rings. The topological polar surface area (TPSA) is 47.3 Å². The highest BCUT2D eigenvalue weighted by Gasteiger charge is 2.05. The number of ketones is 1. The van der Waals surface area contributed by atoms with Crippen LogP contribution in [-0.2, 0) is 11.2 Å². The minimum atomic E-state index is 0.0970. The molecule has 0 spiro atoms. The van der Waals surface area contributed by atoms with Gasteiger partial charge < -0.3 is 0 Å². The Hall–Kier alpha value is -1.42. The Labute approximate surface area is 85.5 Å². The summed E-state index contributed by atoms with van der Waals surface area (Å²) < 4.78 is 1.77. The molecule has 0 N–H and O–H groups in total. The molecule has 0 radical (unpaired) electrons. The molecule has 72 valence electrons. The van der Waals surface area contributed by atoms with Crippen LogP contribution in [0.25, 0.3) is 5.65 Å². The summed E-state index contributed by atoms with van der Waals surface area (Å²) in [4.78, 5) is 18.9. The summed E-state index contributed by atoms with van der Waals surface area (Å²) in [6.07, 6.45) is 5.25. The lowest BCUT2D eigenvalue weighted by molar-refractivity contribution is -0.116. The lowest BCUT2D eigenvalue weighted by Crippen LogP contribution is -2.00. The number of fused-ring (bicyclic) bond motifs is 1. The van der Waals surface area contributed by atoms with Crippen molar-refractivity contribution < 1.29 is 4.79 Å². The predicted octanol–water partition coefficient (Wildman–Crippen LogP) is 1.51. The van der Waals surface area contributed by atoms with E-state index in [1.807, 2.05) is 0 Å². The summed E-state index contributed by atoms with van der Waals surface area (Å²) in [5.41, 5.74) is 1.53. The fourth-order valence-corrected chi connectivity index (χ4v) is 1.45. The molecule has 2 rings (SSSR count).